The summed E-state index contributed by atoms with van der Waals surface area (Å²) in [4.78, 5) is 14.5. The summed E-state index contributed by atoms with van der Waals surface area (Å²) >= 11 is 6.30. The minimum Gasteiger partial charge on any atom is -0.370 e. The molecule has 1 aliphatic rings. The van der Waals surface area contributed by atoms with E-state index in [4.69, 9.17) is 12.2 Å². The Balaban J connectivity index is 1.68. The summed E-state index contributed by atoms with van der Waals surface area (Å²) in [5.41, 5.74) is 4.68. The van der Waals surface area contributed by atoms with E-state index in [1.807, 2.05) is 18.2 Å². The molecule has 1 amide bonds. The van der Waals surface area contributed by atoms with E-state index in [1.165, 1.54) is 28.6 Å². The molecule has 0 spiro atoms. The van der Waals surface area contributed by atoms with Crippen molar-refractivity contribution in [3.05, 3.63) is 70.1 Å². The molecule has 1 heterocycles. The fourth-order valence-corrected chi connectivity index (χ4v) is 3.50. The Morgan fingerprint density at radius 3 is 2.38 bits per heavy atom. The summed E-state index contributed by atoms with van der Waals surface area (Å²) in [6.07, 6.45) is 1.87. The average molecular weight is 355 g/mol. The first-order valence-corrected chi connectivity index (χ1v) is 8.85. The van der Waals surface area contributed by atoms with Gasteiger partial charge in [-0.25, -0.2) is 0 Å². The van der Waals surface area contributed by atoms with E-state index in [-0.39, 0.29) is 5.91 Å². The summed E-state index contributed by atoms with van der Waals surface area (Å²) in [7, 11) is 2.08. The SMILES string of the molecule is Cc1ccc(N(C)Cc2ccc(C=C3SC(=S)NC3=O)cc2)cc1. The Hall–Kier alpha value is -2.11. The second kappa shape index (κ2) is 7.20. The first-order chi connectivity index (χ1) is 11.5. The topological polar surface area (TPSA) is 32.3 Å². The highest BCUT2D eigenvalue weighted by Crippen LogP contribution is 2.26. The molecule has 3 nitrogen and oxygen atoms in total. The molecule has 1 aliphatic heterocycles. The third kappa shape index (κ3) is 4.04. The quantitative estimate of drug-likeness (QED) is 0.661. The molecule has 0 radical (unpaired) electrons. The third-order valence-electron chi connectivity index (χ3n) is 3.81. The summed E-state index contributed by atoms with van der Waals surface area (Å²) in [6, 6.07) is 16.7. The molecule has 0 saturated carbocycles. The van der Waals surface area contributed by atoms with Crippen LogP contribution in [0.4, 0.5) is 5.69 Å². The van der Waals surface area contributed by atoms with E-state index in [0.29, 0.717) is 9.23 Å². The van der Waals surface area contributed by atoms with Crippen LogP contribution in [-0.4, -0.2) is 17.3 Å². The second-order valence-corrected chi connectivity index (χ2v) is 7.50. The number of carbonyl (C=O) groups excluding carboxylic acids is 1. The maximum absolute atomic E-state index is 11.7. The van der Waals surface area contributed by atoms with Crippen LogP contribution in [0.2, 0.25) is 0 Å². The van der Waals surface area contributed by atoms with Crippen LogP contribution in [-0.2, 0) is 11.3 Å². The van der Waals surface area contributed by atoms with Crippen LogP contribution < -0.4 is 10.2 Å². The number of anilines is 1. The number of carbonyl (C=O) groups is 1. The van der Waals surface area contributed by atoms with Gasteiger partial charge < -0.3 is 10.2 Å². The van der Waals surface area contributed by atoms with E-state index in [0.717, 1.165) is 12.1 Å². The van der Waals surface area contributed by atoms with Crippen molar-refractivity contribution in [2.45, 2.75) is 13.5 Å². The number of aryl methyl sites for hydroxylation is 1. The van der Waals surface area contributed by atoms with Gasteiger partial charge in [-0.3, -0.25) is 4.79 Å². The molecule has 1 saturated heterocycles. The van der Waals surface area contributed by atoms with Crippen molar-refractivity contribution >= 4 is 46.0 Å². The Kier molecular flexibility index (Phi) is 5.02. The molecule has 5 heteroatoms. The normalized spacial score (nSPS) is 15.7. The van der Waals surface area contributed by atoms with E-state index >= 15 is 0 Å². The van der Waals surface area contributed by atoms with Crippen molar-refractivity contribution < 1.29 is 4.79 Å². The Morgan fingerprint density at radius 2 is 1.79 bits per heavy atom. The predicted octanol–water partition coefficient (Wildman–Crippen LogP) is 4.12. The van der Waals surface area contributed by atoms with Gasteiger partial charge in [-0.2, -0.15) is 0 Å². The molecule has 0 aliphatic carbocycles. The van der Waals surface area contributed by atoms with Crippen molar-refractivity contribution in [3.63, 3.8) is 0 Å². The zero-order chi connectivity index (χ0) is 17.1. The maximum atomic E-state index is 11.7. The minimum atomic E-state index is -0.117. The van der Waals surface area contributed by atoms with Gasteiger partial charge in [0.1, 0.15) is 4.32 Å². The van der Waals surface area contributed by atoms with Gasteiger partial charge in [-0.05, 0) is 36.3 Å². The first kappa shape index (κ1) is 16.7. The minimum absolute atomic E-state index is 0.117. The molecule has 0 unspecified atom stereocenters. The Morgan fingerprint density at radius 1 is 1.12 bits per heavy atom. The number of nitrogens with zero attached hydrogens (tertiary/aromatic N) is 1. The highest BCUT2D eigenvalue weighted by molar-refractivity contribution is 8.26. The number of benzene rings is 2. The molecule has 0 aromatic heterocycles. The number of nitrogens with one attached hydrogen (secondary N) is 1. The van der Waals surface area contributed by atoms with Crippen molar-refractivity contribution in [1.82, 2.24) is 5.32 Å². The summed E-state index contributed by atoms with van der Waals surface area (Å²) < 4.78 is 0.516. The van der Waals surface area contributed by atoms with Gasteiger partial charge >= 0.3 is 0 Å². The number of thioether (sulfide) groups is 1. The van der Waals surface area contributed by atoms with Gasteiger partial charge in [0.05, 0.1) is 4.91 Å². The summed E-state index contributed by atoms with van der Waals surface area (Å²) in [5, 5.41) is 2.63. The summed E-state index contributed by atoms with van der Waals surface area (Å²) in [5.74, 6) is -0.117. The smallest absolute Gasteiger partial charge is 0.263 e. The molecule has 24 heavy (non-hydrogen) atoms. The third-order valence-corrected chi connectivity index (χ3v) is 4.98. The fourth-order valence-electron chi connectivity index (χ4n) is 2.46. The highest BCUT2D eigenvalue weighted by atomic mass is 32.2. The van der Waals surface area contributed by atoms with Gasteiger partial charge in [-0.15, -0.1) is 0 Å². The number of hydrogen-bond donors (Lipinski definition) is 1. The van der Waals surface area contributed by atoms with E-state index in [9.17, 15) is 4.79 Å². The molecular formula is C19H18N2OS2. The molecule has 122 valence electrons. The Labute approximate surface area is 151 Å². The van der Waals surface area contributed by atoms with Crippen LogP contribution in [0.1, 0.15) is 16.7 Å². The lowest BCUT2D eigenvalue weighted by molar-refractivity contribution is -0.115. The molecule has 3 rings (SSSR count). The molecular weight excluding hydrogens is 336 g/mol. The van der Waals surface area contributed by atoms with E-state index in [1.54, 1.807) is 0 Å². The molecule has 0 atom stereocenters. The number of amides is 1. The van der Waals surface area contributed by atoms with Gasteiger partial charge in [0.2, 0.25) is 0 Å². The molecule has 1 fully saturated rings. The fraction of sp³-hybridized carbons (Fsp3) is 0.158. The van der Waals surface area contributed by atoms with Crippen molar-refractivity contribution in [2.24, 2.45) is 0 Å². The van der Waals surface area contributed by atoms with Gasteiger partial charge in [0.25, 0.3) is 5.91 Å². The maximum Gasteiger partial charge on any atom is 0.263 e. The zero-order valence-electron chi connectivity index (χ0n) is 13.6. The molecule has 2 aromatic rings. The van der Waals surface area contributed by atoms with Crippen LogP contribution in [0.15, 0.2) is 53.4 Å². The predicted molar refractivity (Wildman–Crippen MR) is 106 cm³/mol. The van der Waals surface area contributed by atoms with E-state index < -0.39 is 0 Å². The largest absolute Gasteiger partial charge is 0.370 e. The van der Waals surface area contributed by atoms with Gasteiger partial charge in [0.15, 0.2) is 0 Å². The number of hydrogen-bond acceptors (Lipinski definition) is 4. The van der Waals surface area contributed by atoms with Gasteiger partial charge in [-0.1, -0.05) is 65.9 Å². The van der Waals surface area contributed by atoms with Crippen LogP contribution in [0, 0.1) is 6.92 Å². The van der Waals surface area contributed by atoms with Crippen LogP contribution in [0.5, 0.6) is 0 Å². The van der Waals surface area contributed by atoms with Crippen molar-refractivity contribution in [1.29, 1.82) is 0 Å². The Bertz CT molecular complexity index is 795. The van der Waals surface area contributed by atoms with Crippen LogP contribution in [0.3, 0.4) is 0 Å². The highest BCUT2D eigenvalue weighted by Gasteiger charge is 2.21. The molecule has 0 bridgehead atoms. The molecule has 1 N–H and O–H groups in total. The lowest BCUT2D eigenvalue weighted by Gasteiger charge is -2.19. The number of rotatable bonds is 4. The first-order valence-electron chi connectivity index (χ1n) is 7.63. The second-order valence-electron chi connectivity index (χ2n) is 5.79. The summed E-state index contributed by atoms with van der Waals surface area (Å²) in [6.45, 7) is 2.92. The average Bonchev–Trinajstić information content (AvgIpc) is 2.87. The zero-order valence-corrected chi connectivity index (χ0v) is 15.2. The lowest BCUT2D eigenvalue weighted by atomic mass is 10.1. The monoisotopic (exact) mass is 354 g/mol. The van der Waals surface area contributed by atoms with Crippen LogP contribution >= 0.6 is 24.0 Å². The number of thiocarbonyl (C=S) groups is 1. The van der Waals surface area contributed by atoms with Crippen molar-refractivity contribution in [2.75, 3.05) is 11.9 Å². The molecule has 2 aromatic carbocycles. The lowest BCUT2D eigenvalue weighted by Crippen LogP contribution is -2.17. The van der Waals surface area contributed by atoms with Crippen LogP contribution in [0.25, 0.3) is 6.08 Å². The van der Waals surface area contributed by atoms with E-state index in [2.05, 4.69) is 60.6 Å². The van der Waals surface area contributed by atoms with Crippen molar-refractivity contribution in [3.8, 4) is 0 Å². The van der Waals surface area contributed by atoms with Gasteiger partial charge in [0, 0.05) is 19.3 Å². The standard InChI is InChI=1S/C19H18N2OS2/c1-13-3-9-16(10-4-13)21(2)12-15-7-5-14(6-8-15)11-17-18(22)20-19(23)24-17/h3-11H,12H2,1-2H3,(H,20,22,23).